The molecule has 0 unspecified atom stereocenters. The van der Waals surface area contributed by atoms with E-state index in [1.165, 1.54) is 6.92 Å². The van der Waals surface area contributed by atoms with E-state index in [0.29, 0.717) is 5.56 Å². The highest BCUT2D eigenvalue weighted by atomic mass is 16.2. The lowest BCUT2D eigenvalue weighted by atomic mass is 10.2. The number of rotatable bonds is 3. The van der Waals surface area contributed by atoms with Crippen LogP contribution < -0.4 is 11.1 Å². The summed E-state index contributed by atoms with van der Waals surface area (Å²) >= 11 is 0. The highest BCUT2D eigenvalue weighted by Crippen LogP contribution is 1.96. The number of hydrogen-bond acceptors (Lipinski definition) is 2. The Morgan fingerprint density at radius 2 is 2.23 bits per heavy atom. The predicted molar refractivity (Wildman–Crippen MR) is 51.9 cm³/mol. The minimum Gasteiger partial charge on any atom is -0.351 e. The summed E-state index contributed by atoms with van der Waals surface area (Å²) in [6.07, 6.45) is 0. The molecule has 13 heavy (non-hydrogen) atoms. The lowest BCUT2D eigenvalue weighted by molar-refractivity contribution is -0.122. The Balaban J connectivity index is 2.80. The molecule has 0 radical (unpaired) electrons. The molecule has 0 aliphatic rings. The maximum absolute atomic E-state index is 11.3. The van der Waals surface area contributed by atoms with Crippen LogP contribution in [0.2, 0.25) is 0 Å². The van der Waals surface area contributed by atoms with Crippen molar-refractivity contribution in [3.05, 3.63) is 35.9 Å². The van der Waals surface area contributed by atoms with Gasteiger partial charge in [-0.2, -0.15) is 0 Å². The first-order chi connectivity index (χ1) is 6.93. The standard InChI is InChI=1S/C10H14N2O/c1-8(11)10(13)12-7-9-5-3-2-4-6-9/h2-6,8H,7,11H2,1H3,(H,12,13)/t8-/m1/s1/i7D2. The summed E-state index contributed by atoms with van der Waals surface area (Å²) in [4.78, 5) is 11.3. The van der Waals surface area contributed by atoms with E-state index < -0.39 is 18.4 Å². The molecule has 0 saturated heterocycles. The summed E-state index contributed by atoms with van der Waals surface area (Å²) in [7, 11) is 0. The van der Waals surface area contributed by atoms with Crippen LogP contribution in [-0.4, -0.2) is 11.9 Å². The van der Waals surface area contributed by atoms with Gasteiger partial charge in [0.1, 0.15) is 0 Å². The second kappa shape index (κ2) is 4.62. The van der Waals surface area contributed by atoms with Crippen molar-refractivity contribution in [2.24, 2.45) is 5.73 Å². The van der Waals surface area contributed by atoms with E-state index in [2.05, 4.69) is 5.32 Å². The van der Waals surface area contributed by atoms with E-state index in [1.807, 2.05) is 0 Å². The molecule has 3 nitrogen and oxygen atoms in total. The van der Waals surface area contributed by atoms with Gasteiger partial charge in [-0.1, -0.05) is 30.3 Å². The van der Waals surface area contributed by atoms with Crippen molar-refractivity contribution in [3.63, 3.8) is 0 Å². The van der Waals surface area contributed by atoms with Gasteiger partial charge in [0.25, 0.3) is 0 Å². The number of carbonyl (C=O) groups is 1. The van der Waals surface area contributed by atoms with Gasteiger partial charge in [0.05, 0.1) is 8.78 Å². The molecule has 0 bridgehead atoms. The maximum atomic E-state index is 11.3. The summed E-state index contributed by atoms with van der Waals surface area (Å²) in [5.74, 6) is -0.510. The molecule has 1 aromatic rings. The van der Waals surface area contributed by atoms with Crippen molar-refractivity contribution in [3.8, 4) is 0 Å². The number of nitrogens with one attached hydrogen (secondary N) is 1. The van der Waals surface area contributed by atoms with Gasteiger partial charge in [0.2, 0.25) is 5.91 Å². The SMILES string of the molecule is [2H]C([2H])(NC(=O)[C@@H](C)N)c1ccccc1. The second-order valence-corrected chi connectivity index (χ2v) is 2.77. The summed E-state index contributed by atoms with van der Waals surface area (Å²) in [5.41, 5.74) is 5.74. The molecular formula is C10H14N2O. The molecule has 0 saturated carbocycles. The van der Waals surface area contributed by atoms with Crippen molar-refractivity contribution in [2.75, 3.05) is 0 Å². The molecule has 1 aromatic carbocycles. The first-order valence-electron chi connectivity index (χ1n) is 5.06. The summed E-state index contributed by atoms with van der Waals surface area (Å²) in [6.45, 7) is -0.373. The van der Waals surface area contributed by atoms with Gasteiger partial charge in [-0.05, 0) is 12.5 Å². The molecular weight excluding hydrogens is 164 g/mol. The highest BCUT2D eigenvalue weighted by Gasteiger charge is 2.05. The Kier molecular flexibility index (Phi) is 2.52. The Labute approximate surface area is 80.8 Å². The molecule has 0 aliphatic heterocycles. The van der Waals surface area contributed by atoms with Gasteiger partial charge in [0, 0.05) is 6.50 Å². The first-order valence-corrected chi connectivity index (χ1v) is 4.06. The molecule has 1 atom stereocenters. The Bertz CT molecular complexity index is 339. The van der Waals surface area contributed by atoms with Crippen LogP contribution in [0, 0.1) is 0 Å². The molecule has 3 heteroatoms. The minimum atomic E-state index is -1.88. The zero-order valence-electron chi connectivity index (χ0n) is 9.45. The molecule has 0 fully saturated rings. The molecule has 1 rings (SSSR count). The van der Waals surface area contributed by atoms with Gasteiger partial charge >= 0.3 is 0 Å². The van der Waals surface area contributed by atoms with E-state index in [-0.39, 0.29) is 0 Å². The van der Waals surface area contributed by atoms with Gasteiger partial charge < -0.3 is 11.1 Å². The zero-order valence-corrected chi connectivity index (χ0v) is 7.45. The third-order valence-electron chi connectivity index (χ3n) is 1.52. The predicted octanol–water partition coefficient (Wildman–Crippen LogP) is 0.650. The number of carbonyl (C=O) groups excluding carboxylic acids is 1. The van der Waals surface area contributed by atoms with Gasteiger partial charge in [0.15, 0.2) is 0 Å². The number of hydrogen-bond donors (Lipinski definition) is 2. The van der Waals surface area contributed by atoms with E-state index >= 15 is 0 Å². The fourth-order valence-corrected chi connectivity index (χ4v) is 0.769. The van der Waals surface area contributed by atoms with Gasteiger partial charge in [-0.15, -0.1) is 0 Å². The summed E-state index contributed by atoms with van der Waals surface area (Å²) in [5, 5.41) is 2.24. The quantitative estimate of drug-likeness (QED) is 0.717. The van der Waals surface area contributed by atoms with E-state index in [4.69, 9.17) is 8.48 Å². The molecule has 0 spiro atoms. The van der Waals surface area contributed by atoms with E-state index in [9.17, 15) is 4.79 Å². The molecule has 70 valence electrons. The third-order valence-corrected chi connectivity index (χ3v) is 1.52. The molecule has 0 aliphatic carbocycles. The topological polar surface area (TPSA) is 55.1 Å². The average molecular weight is 180 g/mol. The summed E-state index contributed by atoms with van der Waals surface area (Å²) < 4.78 is 15.3. The first kappa shape index (κ1) is 7.09. The van der Waals surface area contributed by atoms with Crippen molar-refractivity contribution < 1.29 is 7.54 Å². The largest absolute Gasteiger partial charge is 0.351 e. The van der Waals surface area contributed by atoms with Crippen LogP contribution in [0.1, 0.15) is 15.2 Å². The van der Waals surface area contributed by atoms with Gasteiger partial charge in [-0.25, -0.2) is 0 Å². The van der Waals surface area contributed by atoms with Crippen LogP contribution >= 0.6 is 0 Å². The molecule has 0 heterocycles. The van der Waals surface area contributed by atoms with Crippen LogP contribution in [0.15, 0.2) is 30.3 Å². The van der Waals surface area contributed by atoms with Crippen LogP contribution in [0.3, 0.4) is 0 Å². The van der Waals surface area contributed by atoms with E-state index in [1.54, 1.807) is 30.3 Å². The van der Waals surface area contributed by atoms with Crippen molar-refractivity contribution in [1.82, 2.24) is 5.32 Å². The van der Waals surface area contributed by atoms with E-state index in [0.717, 1.165) is 0 Å². The third kappa shape index (κ3) is 3.25. The Hall–Kier alpha value is -1.35. The van der Waals surface area contributed by atoms with Crippen LogP contribution in [-0.2, 0) is 11.3 Å². The van der Waals surface area contributed by atoms with Crippen molar-refractivity contribution >= 4 is 5.91 Å². The van der Waals surface area contributed by atoms with Gasteiger partial charge in [-0.3, -0.25) is 4.79 Å². The van der Waals surface area contributed by atoms with Crippen LogP contribution in [0.4, 0.5) is 0 Å². The lowest BCUT2D eigenvalue weighted by Gasteiger charge is -2.06. The smallest absolute Gasteiger partial charge is 0.236 e. The fourth-order valence-electron chi connectivity index (χ4n) is 0.769. The summed E-state index contributed by atoms with van der Waals surface area (Å²) in [6, 6.07) is 7.72. The average Bonchev–Trinajstić information content (AvgIpc) is 2.18. The zero-order chi connectivity index (χ0) is 11.5. The lowest BCUT2D eigenvalue weighted by Crippen LogP contribution is -2.37. The Morgan fingerprint density at radius 3 is 2.77 bits per heavy atom. The minimum absolute atomic E-state index is 0.402. The van der Waals surface area contributed by atoms with Crippen LogP contribution in [0.25, 0.3) is 0 Å². The molecule has 3 N–H and O–H groups in total. The van der Waals surface area contributed by atoms with Crippen molar-refractivity contribution in [2.45, 2.75) is 19.5 Å². The molecule has 0 aromatic heterocycles. The second-order valence-electron chi connectivity index (χ2n) is 2.77. The fraction of sp³-hybridized carbons (Fsp3) is 0.300. The highest BCUT2D eigenvalue weighted by molar-refractivity contribution is 5.80. The normalized spacial score (nSPS) is 15.5. The monoisotopic (exact) mass is 180 g/mol. The number of benzene rings is 1. The van der Waals surface area contributed by atoms with Crippen molar-refractivity contribution in [1.29, 1.82) is 0 Å². The number of nitrogens with two attached hydrogens (primary N) is 1. The molecule has 1 amide bonds. The Morgan fingerprint density at radius 1 is 1.62 bits per heavy atom. The maximum Gasteiger partial charge on any atom is 0.236 e. The van der Waals surface area contributed by atoms with Crippen LogP contribution in [0.5, 0.6) is 0 Å². The number of amides is 1.